The summed E-state index contributed by atoms with van der Waals surface area (Å²) >= 11 is 0. The van der Waals surface area contributed by atoms with Crippen molar-refractivity contribution in [2.45, 2.75) is 20.4 Å². The summed E-state index contributed by atoms with van der Waals surface area (Å²) < 4.78 is 5.18. The SMILES string of the molecule is COc1ccc(CNC(=O)C(N)=O)c(C)c1C. The van der Waals surface area contributed by atoms with Crippen molar-refractivity contribution < 1.29 is 14.3 Å². The van der Waals surface area contributed by atoms with E-state index in [9.17, 15) is 9.59 Å². The second-order valence-corrected chi connectivity index (χ2v) is 3.72. The van der Waals surface area contributed by atoms with Crippen molar-refractivity contribution in [2.24, 2.45) is 5.73 Å². The van der Waals surface area contributed by atoms with Crippen molar-refractivity contribution in [3.63, 3.8) is 0 Å². The normalized spacial score (nSPS) is 9.82. The van der Waals surface area contributed by atoms with Gasteiger partial charge in [-0.05, 0) is 36.6 Å². The molecule has 0 bridgehead atoms. The fourth-order valence-electron chi connectivity index (χ4n) is 1.53. The Kier molecular flexibility index (Phi) is 4.09. The molecule has 0 aliphatic rings. The maximum Gasteiger partial charge on any atom is 0.309 e. The zero-order valence-electron chi connectivity index (χ0n) is 10.2. The molecule has 0 aliphatic heterocycles. The summed E-state index contributed by atoms with van der Waals surface area (Å²) in [6.07, 6.45) is 0. The van der Waals surface area contributed by atoms with E-state index in [1.807, 2.05) is 26.0 Å². The van der Waals surface area contributed by atoms with Gasteiger partial charge < -0.3 is 15.8 Å². The van der Waals surface area contributed by atoms with Crippen LogP contribution in [0, 0.1) is 13.8 Å². The number of methoxy groups -OCH3 is 1. The van der Waals surface area contributed by atoms with Gasteiger partial charge in [0.1, 0.15) is 5.75 Å². The van der Waals surface area contributed by atoms with Crippen LogP contribution < -0.4 is 15.8 Å². The Morgan fingerprint density at radius 3 is 2.47 bits per heavy atom. The summed E-state index contributed by atoms with van der Waals surface area (Å²) in [7, 11) is 1.61. The monoisotopic (exact) mass is 236 g/mol. The molecule has 0 saturated carbocycles. The fourth-order valence-corrected chi connectivity index (χ4v) is 1.53. The molecule has 1 aromatic rings. The third-order valence-corrected chi connectivity index (χ3v) is 2.73. The van der Waals surface area contributed by atoms with Gasteiger partial charge in [-0.25, -0.2) is 0 Å². The molecular weight excluding hydrogens is 220 g/mol. The standard InChI is InChI=1S/C12H16N2O3/c1-7-8(2)10(17-3)5-4-9(7)6-14-12(16)11(13)15/h4-5H,6H2,1-3H3,(H2,13,15)(H,14,16). The highest BCUT2D eigenvalue weighted by molar-refractivity contribution is 6.34. The Labute approximate surface area is 99.9 Å². The van der Waals surface area contributed by atoms with Crippen LogP contribution in [-0.2, 0) is 16.1 Å². The molecule has 1 rings (SSSR count). The molecule has 2 amide bonds. The Bertz CT molecular complexity index is 455. The van der Waals surface area contributed by atoms with E-state index in [2.05, 4.69) is 5.32 Å². The van der Waals surface area contributed by atoms with Gasteiger partial charge in [-0.3, -0.25) is 9.59 Å². The average Bonchev–Trinajstić information content (AvgIpc) is 2.30. The van der Waals surface area contributed by atoms with Crippen LogP contribution in [0.5, 0.6) is 5.75 Å². The van der Waals surface area contributed by atoms with Crippen LogP contribution in [0.1, 0.15) is 16.7 Å². The van der Waals surface area contributed by atoms with Crippen LogP contribution in [0.2, 0.25) is 0 Å². The molecule has 0 radical (unpaired) electrons. The summed E-state index contributed by atoms with van der Waals surface area (Å²) in [5.74, 6) is -0.960. The van der Waals surface area contributed by atoms with Crippen LogP contribution in [-0.4, -0.2) is 18.9 Å². The second-order valence-electron chi connectivity index (χ2n) is 3.72. The highest BCUT2D eigenvalue weighted by Crippen LogP contribution is 2.23. The topological polar surface area (TPSA) is 81.4 Å². The van der Waals surface area contributed by atoms with Crippen molar-refractivity contribution >= 4 is 11.8 Å². The number of nitrogens with one attached hydrogen (secondary N) is 1. The molecule has 5 nitrogen and oxygen atoms in total. The van der Waals surface area contributed by atoms with Gasteiger partial charge in [0.05, 0.1) is 7.11 Å². The molecule has 17 heavy (non-hydrogen) atoms. The molecule has 5 heteroatoms. The van der Waals surface area contributed by atoms with Gasteiger partial charge in [0.2, 0.25) is 0 Å². The number of ether oxygens (including phenoxy) is 1. The highest BCUT2D eigenvalue weighted by atomic mass is 16.5. The van der Waals surface area contributed by atoms with Gasteiger partial charge in [0.15, 0.2) is 0 Å². The molecule has 0 aliphatic carbocycles. The van der Waals surface area contributed by atoms with E-state index in [0.717, 1.165) is 22.4 Å². The number of amides is 2. The first kappa shape index (κ1) is 13.0. The van der Waals surface area contributed by atoms with E-state index in [1.165, 1.54) is 0 Å². The number of hydrogen-bond acceptors (Lipinski definition) is 3. The first-order valence-corrected chi connectivity index (χ1v) is 5.18. The summed E-state index contributed by atoms with van der Waals surface area (Å²) in [5, 5.41) is 2.45. The summed E-state index contributed by atoms with van der Waals surface area (Å²) in [4.78, 5) is 21.6. The predicted molar refractivity (Wildman–Crippen MR) is 63.5 cm³/mol. The van der Waals surface area contributed by atoms with Gasteiger partial charge in [0, 0.05) is 6.54 Å². The van der Waals surface area contributed by atoms with Crippen LogP contribution in [0.25, 0.3) is 0 Å². The first-order chi connectivity index (χ1) is 7.97. The number of primary amides is 1. The number of nitrogens with two attached hydrogens (primary N) is 1. The van der Waals surface area contributed by atoms with Crippen molar-refractivity contribution in [1.29, 1.82) is 0 Å². The first-order valence-electron chi connectivity index (χ1n) is 5.18. The molecule has 0 saturated heterocycles. The Hall–Kier alpha value is -2.04. The third kappa shape index (κ3) is 2.96. The Balaban J connectivity index is 2.83. The molecule has 0 atom stereocenters. The number of rotatable bonds is 3. The van der Waals surface area contributed by atoms with Crippen molar-refractivity contribution in [3.05, 3.63) is 28.8 Å². The van der Waals surface area contributed by atoms with Crippen molar-refractivity contribution in [2.75, 3.05) is 7.11 Å². The minimum Gasteiger partial charge on any atom is -0.496 e. The molecule has 0 aromatic heterocycles. The van der Waals surface area contributed by atoms with Gasteiger partial charge >= 0.3 is 11.8 Å². The molecule has 0 spiro atoms. The van der Waals surface area contributed by atoms with Crippen LogP contribution in [0.4, 0.5) is 0 Å². The van der Waals surface area contributed by atoms with E-state index >= 15 is 0 Å². The molecular formula is C12H16N2O3. The summed E-state index contributed by atoms with van der Waals surface area (Å²) in [6.45, 7) is 4.15. The quantitative estimate of drug-likeness (QED) is 0.746. The van der Waals surface area contributed by atoms with Crippen LogP contribution in [0.15, 0.2) is 12.1 Å². The lowest BCUT2D eigenvalue weighted by molar-refractivity contribution is -0.137. The Morgan fingerprint density at radius 2 is 1.94 bits per heavy atom. The third-order valence-electron chi connectivity index (χ3n) is 2.73. The van der Waals surface area contributed by atoms with E-state index in [4.69, 9.17) is 10.5 Å². The lowest BCUT2D eigenvalue weighted by atomic mass is 10.0. The fraction of sp³-hybridized carbons (Fsp3) is 0.333. The molecule has 92 valence electrons. The minimum absolute atomic E-state index is 0.276. The zero-order chi connectivity index (χ0) is 13.0. The second kappa shape index (κ2) is 5.34. The molecule has 3 N–H and O–H groups in total. The van der Waals surface area contributed by atoms with E-state index in [0.29, 0.717) is 0 Å². The largest absolute Gasteiger partial charge is 0.496 e. The van der Waals surface area contributed by atoms with Gasteiger partial charge in [-0.1, -0.05) is 6.07 Å². The van der Waals surface area contributed by atoms with Crippen LogP contribution in [0.3, 0.4) is 0 Å². The van der Waals surface area contributed by atoms with Crippen LogP contribution >= 0.6 is 0 Å². The molecule has 0 unspecified atom stereocenters. The highest BCUT2D eigenvalue weighted by Gasteiger charge is 2.10. The number of benzene rings is 1. The van der Waals surface area contributed by atoms with Gasteiger partial charge in [-0.2, -0.15) is 0 Å². The Morgan fingerprint density at radius 1 is 1.29 bits per heavy atom. The lowest BCUT2D eigenvalue weighted by Crippen LogP contribution is -2.35. The number of carbonyl (C=O) groups excluding carboxylic acids is 2. The maximum absolute atomic E-state index is 11.0. The lowest BCUT2D eigenvalue weighted by Gasteiger charge is -2.12. The molecule has 0 fully saturated rings. The van der Waals surface area contributed by atoms with Gasteiger partial charge in [-0.15, -0.1) is 0 Å². The van der Waals surface area contributed by atoms with E-state index < -0.39 is 11.8 Å². The molecule has 1 aromatic carbocycles. The summed E-state index contributed by atoms with van der Waals surface area (Å²) in [5.41, 5.74) is 7.81. The van der Waals surface area contributed by atoms with E-state index in [1.54, 1.807) is 7.11 Å². The smallest absolute Gasteiger partial charge is 0.309 e. The molecule has 0 heterocycles. The van der Waals surface area contributed by atoms with Gasteiger partial charge in [0.25, 0.3) is 0 Å². The van der Waals surface area contributed by atoms with Crippen molar-refractivity contribution in [1.82, 2.24) is 5.32 Å². The summed E-state index contributed by atoms with van der Waals surface area (Å²) in [6, 6.07) is 3.68. The average molecular weight is 236 g/mol. The number of hydrogen-bond donors (Lipinski definition) is 2. The van der Waals surface area contributed by atoms with Crippen molar-refractivity contribution in [3.8, 4) is 5.75 Å². The van der Waals surface area contributed by atoms with E-state index in [-0.39, 0.29) is 6.54 Å². The number of carbonyl (C=O) groups is 2. The predicted octanol–water partition coefficient (Wildman–Crippen LogP) is 0.414. The minimum atomic E-state index is -0.979. The maximum atomic E-state index is 11.0. The zero-order valence-corrected chi connectivity index (χ0v) is 10.2.